The standard InChI is InChI=1S/C49H45Cl2N19O22S6/c1-3-70-42(73)36(41(52)72)22(2)37(43(70)74)66-65-31-21-33(95(81,82)83)30(20-34(31)96(84,85)86)55-47-57-44(50)56-46(60-47)53-12-13-68-14-16-69(17-15-68)49-59-45(51)58-48(61-49)54-29-11-9-26-27(40(29)98(90,91)92)19-35(97(87,88)89)38(39(26)71)67-64-28-10-6-24(18-32(28)94(78,79)80)63-62-23-4-7-25(8-5-23)93(75,76)77/h4-11,18-21,71,73H,3,12-17H2,1-2H3,(H2,52,72)(H,75,76,77)(H,78,79,80)(H,81,82,83)(H,84,85,86)(H,87,88,89)(H,90,91,92)(H,54,58,59,61)(H2,53,55,56,57,60). The summed E-state index contributed by atoms with van der Waals surface area (Å²) >= 11 is 12.5. The second-order valence-electron chi connectivity index (χ2n) is 20.1. The molecular formula is C49H45Cl2N19O22S6. The molecule has 0 spiro atoms. The fourth-order valence-electron chi connectivity index (χ4n) is 9.34. The fourth-order valence-corrected chi connectivity index (χ4v) is 13.6. The number of carbonyl (C=O) groups is 1. The van der Waals surface area contributed by atoms with Crippen LogP contribution in [0.4, 0.5) is 69.3 Å². The van der Waals surface area contributed by atoms with Gasteiger partial charge in [0.05, 0.1) is 27.6 Å². The van der Waals surface area contributed by atoms with Crippen LogP contribution >= 0.6 is 23.2 Å². The van der Waals surface area contributed by atoms with Crippen LogP contribution in [0.15, 0.2) is 138 Å². The van der Waals surface area contributed by atoms with E-state index in [9.17, 15) is 97.6 Å². The Kier molecular flexibility index (Phi) is 20.6. The number of nitrogens with one attached hydrogen (secondary N) is 3. The van der Waals surface area contributed by atoms with Crippen molar-refractivity contribution in [3.8, 4) is 11.6 Å². The molecule has 1 amide bonds. The number of amides is 1. The first-order chi connectivity index (χ1) is 45.6. The number of benzene rings is 5. The third-order valence-corrected chi connectivity index (χ3v) is 19.5. The molecule has 1 saturated heterocycles. The molecule has 0 aliphatic carbocycles. The first-order valence-electron chi connectivity index (χ1n) is 26.8. The summed E-state index contributed by atoms with van der Waals surface area (Å²) in [7, 11) is -31.5. The molecular weight excluding hydrogens is 1470 g/mol. The smallest absolute Gasteiger partial charge is 0.297 e. The first-order valence-corrected chi connectivity index (χ1v) is 36.2. The van der Waals surface area contributed by atoms with Crippen molar-refractivity contribution in [1.29, 1.82) is 0 Å². The predicted molar refractivity (Wildman–Crippen MR) is 341 cm³/mol. The number of halogens is 2. The highest BCUT2D eigenvalue weighted by molar-refractivity contribution is 7.87. The Morgan fingerprint density at radius 2 is 1.11 bits per heavy atom. The maximum Gasteiger partial charge on any atom is 0.297 e. The SMILES string of the molecule is CCn1c(O)c(C(N)=O)c(C)c(N=Nc2cc(S(=O)(=O)O)c(Nc3nc(Cl)nc(NCCN4CCN(c5nc(Cl)nc(Nc6ccc7c(O)c(N=Nc8ccc(N=Nc9ccc(S(=O)(=O)O)cc9)cc8S(=O)(=O)O)c(S(=O)(=O)O)cc7c6S(=O)(=O)O)n5)CC4)n3)cc2S(=O)(=O)O)c1=O. The number of primary amides is 1. The Bertz CT molecular complexity index is 5520. The Balaban J connectivity index is 0.895. The number of rotatable bonds is 23. The van der Waals surface area contributed by atoms with Crippen LogP contribution in [0.25, 0.3) is 10.8 Å². The van der Waals surface area contributed by atoms with Gasteiger partial charge in [0.25, 0.3) is 72.2 Å². The highest BCUT2D eigenvalue weighted by Gasteiger charge is 2.31. The van der Waals surface area contributed by atoms with E-state index in [2.05, 4.69) is 76.5 Å². The average molecular weight is 1520 g/mol. The normalized spacial score (nSPS) is 13.9. The van der Waals surface area contributed by atoms with Gasteiger partial charge in [-0.05, 0) is 110 Å². The van der Waals surface area contributed by atoms with Gasteiger partial charge in [0.1, 0.15) is 47.1 Å². The Morgan fingerprint density at radius 3 is 1.70 bits per heavy atom. The summed E-state index contributed by atoms with van der Waals surface area (Å²) in [6, 6.07) is 10.4. The molecule has 0 bridgehead atoms. The molecule has 13 N–H and O–H groups in total. The number of phenolic OH excluding ortho intramolecular Hbond substituents is 1. The number of hydrogen-bond donors (Lipinski definition) is 12. The molecule has 0 radical (unpaired) electrons. The quantitative estimate of drug-likeness (QED) is 0.0259. The van der Waals surface area contributed by atoms with E-state index >= 15 is 0 Å². The predicted octanol–water partition coefficient (Wildman–Crippen LogP) is 5.96. The topological polar surface area (TPSA) is 626 Å². The second kappa shape index (κ2) is 27.7. The number of aromatic hydroxyl groups is 2. The number of piperazine rings is 1. The summed E-state index contributed by atoms with van der Waals surface area (Å²) in [4.78, 5) is 47.2. The van der Waals surface area contributed by atoms with Crippen molar-refractivity contribution < 1.29 is 92.8 Å². The van der Waals surface area contributed by atoms with E-state index in [0.717, 1.165) is 61.5 Å². The van der Waals surface area contributed by atoms with Crippen LogP contribution in [0, 0.1) is 6.92 Å². The molecule has 1 fully saturated rings. The van der Waals surface area contributed by atoms with E-state index in [1.165, 1.54) is 6.92 Å². The van der Waals surface area contributed by atoms with Gasteiger partial charge in [0.2, 0.25) is 40.2 Å². The highest BCUT2D eigenvalue weighted by Crippen LogP contribution is 2.46. The lowest BCUT2D eigenvalue weighted by Gasteiger charge is -2.34. The zero-order valence-corrected chi connectivity index (χ0v) is 55.6. The van der Waals surface area contributed by atoms with Crippen molar-refractivity contribution in [1.82, 2.24) is 39.4 Å². The van der Waals surface area contributed by atoms with Crippen LogP contribution in [0.5, 0.6) is 11.6 Å². The minimum absolute atomic E-state index is 0.0226. The molecule has 9 rings (SSSR count). The van der Waals surface area contributed by atoms with E-state index in [1.54, 1.807) is 4.90 Å². The molecule has 98 heavy (non-hydrogen) atoms. The van der Waals surface area contributed by atoms with Crippen LogP contribution in [-0.4, -0.2) is 173 Å². The highest BCUT2D eigenvalue weighted by atomic mass is 35.5. The lowest BCUT2D eigenvalue weighted by molar-refractivity contribution is 0.0995. The van der Waals surface area contributed by atoms with E-state index in [4.69, 9.17) is 28.9 Å². The van der Waals surface area contributed by atoms with Gasteiger partial charge >= 0.3 is 0 Å². The zero-order chi connectivity index (χ0) is 71.9. The minimum Gasteiger partial charge on any atom is -0.505 e. The number of nitrogens with two attached hydrogens (primary N) is 1. The number of nitrogens with zero attached hydrogens (tertiary/aromatic N) is 15. The molecule has 0 unspecified atom stereocenters. The number of pyridine rings is 1. The molecule has 41 nitrogen and oxygen atoms in total. The first kappa shape index (κ1) is 72.7. The molecule has 1 aliphatic heterocycles. The van der Waals surface area contributed by atoms with Crippen molar-refractivity contribution in [2.24, 2.45) is 36.4 Å². The van der Waals surface area contributed by atoms with Crippen LogP contribution in [0.3, 0.4) is 0 Å². The van der Waals surface area contributed by atoms with Gasteiger partial charge in [-0.15, -0.1) is 20.5 Å². The minimum atomic E-state index is -5.55. The van der Waals surface area contributed by atoms with Gasteiger partial charge in [0.15, 0.2) is 11.4 Å². The largest absolute Gasteiger partial charge is 0.505 e. The summed E-state index contributed by atoms with van der Waals surface area (Å²) in [5.74, 6) is -4.45. The van der Waals surface area contributed by atoms with Crippen LogP contribution in [0.2, 0.25) is 10.6 Å². The van der Waals surface area contributed by atoms with E-state index in [1.807, 2.05) is 4.90 Å². The Morgan fingerprint density at radius 1 is 0.561 bits per heavy atom. The van der Waals surface area contributed by atoms with Gasteiger partial charge in [0, 0.05) is 62.1 Å². The van der Waals surface area contributed by atoms with Crippen molar-refractivity contribution in [2.75, 3.05) is 60.1 Å². The molecule has 1 aliphatic rings. The number of azo groups is 3. The number of aromatic nitrogens is 7. The zero-order valence-electron chi connectivity index (χ0n) is 49.2. The third-order valence-electron chi connectivity index (χ3n) is 13.8. The molecule has 4 heterocycles. The summed E-state index contributed by atoms with van der Waals surface area (Å²) < 4.78 is 212. The Labute approximate surface area is 561 Å². The van der Waals surface area contributed by atoms with Crippen molar-refractivity contribution in [2.45, 2.75) is 49.8 Å². The molecule has 0 saturated carbocycles. The van der Waals surface area contributed by atoms with E-state index in [-0.39, 0.29) is 61.6 Å². The molecule has 3 aromatic heterocycles. The van der Waals surface area contributed by atoms with Crippen molar-refractivity contribution in [3.05, 3.63) is 105 Å². The molecule has 518 valence electrons. The maximum atomic E-state index is 13.2. The summed E-state index contributed by atoms with van der Waals surface area (Å²) in [6.45, 7) is 3.75. The van der Waals surface area contributed by atoms with E-state index < -0.39 is 186 Å². The Hall–Kier alpha value is -9.60. The molecule has 8 aromatic rings. The number of carbonyl (C=O) groups excluding carboxylic acids is 1. The average Bonchev–Trinajstić information content (AvgIpc) is 0.746. The van der Waals surface area contributed by atoms with Gasteiger partial charge < -0.3 is 36.8 Å². The molecule has 0 atom stereocenters. The number of hydrogen-bond acceptors (Lipinski definition) is 33. The van der Waals surface area contributed by atoms with E-state index in [0.29, 0.717) is 35.9 Å². The van der Waals surface area contributed by atoms with Gasteiger partial charge in [-0.3, -0.25) is 46.4 Å². The van der Waals surface area contributed by atoms with Crippen LogP contribution in [-0.2, 0) is 67.3 Å². The number of fused-ring (bicyclic) bond motifs is 1. The van der Waals surface area contributed by atoms with Gasteiger partial charge in [-0.25, -0.2) is 0 Å². The van der Waals surface area contributed by atoms with Crippen LogP contribution in [0.1, 0.15) is 22.8 Å². The monoisotopic (exact) mass is 1510 g/mol. The lowest BCUT2D eigenvalue weighted by atomic mass is 10.1. The molecule has 5 aromatic carbocycles. The number of anilines is 6. The second-order valence-corrected chi connectivity index (χ2v) is 29.1. The molecule has 49 heteroatoms. The maximum absolute atomic E-state index is 13.2. The lowest BCUT2D eigenvalue weighted by Crippen LogP contribution is -2.48. The fraction of sp³-hybridized carbons (Fsp3) is 0.184. The summed E-state index contributed by atoms with van der Waals surface area (Å²) in [6.07, 6.45) is 0. The van der Waals surface area contributed by atoms with Crippen molar-refractivity contribution in [3.63, 3.8) is 0 Å². The third kappa shape index (κ3) is 16.5. The van der Waals surface area contributed by atoms with Gasteiger partial charge in [-0.1, -0.05) is 0 Å². The van der Waals surface area contributed by atoms with Crippen LogP contribution < -0.4 is 32.1 Å². The number of phenols is 1. The van der Waals surface area contributed by atoms with Crippen molar-refractivity contribution >= 4 is 170 Å². The summed E-state index contributed by atoms with van der Waals surface area (Å²) in [5, 5.41) is 49.8. The summed E-state index contributed by atoms with van der Waals surface area (Å²) in [5.41, 5.74) is -1.48. The van der Waals surface area contributed by atoms with Gasteiger partial charge in [-0.2, -0.15) is 90.6 Å².